The first-order chi connectivity index (χ1) is 11.1. The van der Waals surface area contributed by atoms with E-state index >= 15 is 0 Å². The highest BCUT2D eigenvalue weighted by Crippen LogP contribution is 2.19. The molecule has 2 fully saturated rings. The number of piperazine rings is 1. The standard InChI is InChI=1S/C18H27N3O2/c1-14-2-3-16(19)12-17(14)18(22)21-8-6-20(7-9-21)13-15-4-10-23-11-5-15/h2-3,12,15H,4-11,13,19H2,1H3. The number of anilines is 1. The predicted molar refractivity (Wildman–Crippen MR) is 91.5 cm³/mol. The first-order valence-corrected chi connectivity index (χ1v) is 8.59. The van der Waals surface area contributed by atoms with Gasteiger partial charge in [-0.15, -0.1) is 0 Å². The average Bonchev–Trinajstić information content (AvgIpc) is 2.58. The molecule has 23 heavy (non-hydrogen) atoms. The van der Waals surface area contributed by atoms with Crippen LogP contribution in [0.2, 0.25) is 0 Å². The molecule has 1 aromatic rings. The molecule has 0 unspecified atom stereocenters. The quantitative estimate of drug-likeness (QED) is 0.863. The van der Waals surface area contributed by atoms with Gasteiger partial charge in [-0.25, -0.2) is 0 Å². The summed E-state index contributed by atoms with van der Waals surface area (Å²) in [5, 5.41) is 0. The van der Waals surface area contributed by atoms with Crippen LogP contribution in [0.15, 0.2) is 18.2 Å². The molecule has 0 bridgehead atoms. The van der Waals surface area contributed by atoms with E-state index in [1.165, 1.54) is 12.8 Å². The first-order valence-electron chi connectivity index (χ1n) is 8.59. The largest absolute Gasteiger partial charge is 0.399 e. The smallest absolute Gasteiger partial charge is 0.254 e. The topological polar surface area (TPSA) is 58.8 Å². The van der Waals surface area contributed by atoms with Crippen LogP contribution in [-0.4, -0.2) is 61.6 Å². The van der Waals surface area contributed by atoms with Crippen LogP contribution in [0.25, 0.3) is 0 Å². The molecule has 2 aliphatic heterocycles. The van der Waals surface area contributed by atoms with E-state index in [1.807, 2.05) is 24.0 Å². The van der Waals surface area contributed by atoms with E-state index in [-0.39, 0.29) is 5.91 Å². The molecule has 0 saturated carbocycles. The van der Waals surface area contributed by atoms with Gasteiger partial charge in [0, 0.05) is 57.2 Å². The SMILES string of the molecule is Cc1ccc(N)cc1C(=O)N1CCN(CC2CCOCC2)CC1. The van der Waals surface area contributed by atoms with E-state index in [2.05, 4.69) is 4.90 Å². The molecule has 1 amide bonds. The Morgan fingerprint density at radius 2 is 1.91 bits per heavy atom. The Morgan fingerprint density at radius 1 is 1.22 bits per heavy atom. The van der Waals surface area contributed by atoms with E-state index < -0.39 is 0 Å². The van der Waals surface area contributed by atoms with Crippen molar-refractivity contribution in [3.05, 3.63) is 29.3 Å². The number of hydrogen-bond acceptors (Lipinski definition) is 4. The third-order valence-corrected chi connectivity index (χ3v) is 5.01. The lowest BCUT2D eigenvalue weighted by Crippen LogP contribution is -2.50. The molecule has 2 saturated heterocycles. The molecule has 0 atom stereocenters. The van der Waals surface area contributed by atoms with Crippen molar-refractivity contribution in [3.63, 3.8) is 0 Å². The predicted octanol–water partition coefficient (Wildman–Crippen LogP) is 1.76. The number of carbonyl (C=O) groups excluding carboxylic acids is 1. The van der Waals surface area contributed by atoms with Crippen LogP contribution in [0.4, 0.5) is 5.69 Å². The van der Waals surface area contributed by atoms with Gasteiger partial charge in [-0.1, -0.05) is 6.07 Å². The van der Waals surface area contributed by atoms with Gasteiger partial charge >= 0.3 is 0 Å². The third kappa shape index (κ3) is 4.03. The van der Waals surface area contributed by atoms with Crippen LogP contribution in [0, 0.1) is 12.8 Å². The van der Waals surface area contributed by atoms with Crippen molar-refractivity contribution < 1.29 is 9.53 Å². The summed E-state index contributed by atoms with van der Waals surface area (Å²) in [6.07, 6.45) is 2.34. The zero-order chi connectivity index (χ0) is 16.2. The van der Waals surface area contributed by atoms with E-state index in [0.29, 0.717) is 5.69 Å². The Morgan fingerprint density at radius 3 is 2.61 bits per heavy atom. The molecule has 0 radical (unpaired) electrons. The van der Waals surface area contributed by atoms with Gasteiger partial charge in [0.05, 0.1) is 0 Å². The summed E-state index contributed by atoms with van der Waals surface area (Å²) in [7, 11) is 0. The summed E-state index contributed by atoms with van der Waals surface area (Å²) in [6, 6.07) is 5.56. The second-order valence-corrected chi connectivity index (χ2v) is 6.72. The molecule has 2 N–H and O–H groups in total. The van der Waals surface area contributed by atoms with Crippen LogP contribution in [0.3, 0.4) is 0 Å². The van der Waals surface area contributed by atoms with Crippen molar-refractivity contribution in [1.29, 1.82) is 0 Å². The Hall–Kier alpha value is -1.59. The van der Waals surface area contributed by atoms with Gasteiger partial charge in [0.2, 0.25) is 0 Å². The molecule has 126 valence electrons. The molecular formula is C18H27N3O2. The second-order valence-electron chi connectivity index (χ2n) is 6.72. The molecule has 0 aliphatic carbocycles. The first kappa shape index (κ1) is 16.3. The second kappa shape index (κ2) is 7.32. The van der Waals surface area contributed by atoms with Gasteiger partial charge in [0.15, 0.2) is 0 Å². The summed E-state index contributed by atoms with van der Waals surface area (Å²) in [4.78, 5) is 17.2. The van der Waals surface area contributed by atoms with Crippen LogP contribution >= 0.6 is 0 Å². The van der Waals surface area contributed by atoms with Crippen molar-refractivity contribution >= 4 is 11.6 Å². The minimum atomic E-state index is 0.112. The summed E-state index contributed by atoms with van der Waals surface area (Å²) >= 11 is 0. The number of aryl methyl sites for hydroxylation is 1. The molecular weight excluding hydrogens is 290 g/mol. The maximum absolute atomic E-state index is 12.7. The number of amides is 1. The highest BCUT2D eigenvalue weighted by Gasteiger charge is 2.25. The molecule has 5 nitrogen and oxygen atoms in total. The van der Waals surface area contributed by atoms with Crippen LogP contribution in [-0.2, 0) is 4.74 Å². The maximum Gasteiger partial charge on any atom is 0.254 e. The fourth-order valence-electron chi connectivity index (χ4n) is 3.47. The maximum atomic E-state index is 12.7. The van der Waals surface area contributed by atoms with Gasteiger partial charge in [-0.3, -0.25) is 9.69 Å². The number of benzene rings is 1. The van der Waals surface area contributed by atoms with Crippen molar-refractivity contribution in [3.8, 4) is 0 Å². The summed E-state index contributed by atoms with van der Waals surface area (Å²) in [5.74, 6) is 0.864. The van der Waals surface area contributed by atoms with Crippen LogP contribution in [0.5, 0.6) is 0 Å². The lowest BCUT2D eigenvalue weighted by atomic mass is 9.99. The minimum Gasteiger partial charge on any atom is -0.399 e. The summed E-state index contributed by atoms with van der Waals surface area (Å²) in [5.41, 5.74) is 8.21. The zero-order valence-electron chi connectivity index (χ0n) is 14.0. The van der Waals surface area contributed by atoms with Gasteiger partial charge in [0.1, 0.15) is 0 Å². The summed E-state index contributed by atoms with van der Waals surface area (Å²) in [6.45, 7) is 8.44. The number of nitrogen functional groups attached to an aromatic ring is 1. The lowest BCUT2D eigenvalue weighted by Gasteiger charge is -2.37. The van der Waals surface area contributed by atoms with Gasteiger partial charge in [-0.05, 0) is 43.4 Å². The van der Waals surface area contributed by atoms with E-state index in [0.717, 1.165) is 63.0 Å². The molecule has 2 heterocycles. The lowest BCUT2D eigenvalue weighted by molar-refractivity contribution is 0.0393. The third-order valence-electron chi connectivity index (χ3n) is 5.01. The van der Waals surface area contributed by atoms with Crippen molar-refractivity contribution in [2.45, 2.75) is 19.8 Å². The number of nitrogens with two attached hydrogens (primary N) is 1. The van der Waals surface area contributed by atoms with Gasteiger partial charge in [0.25, 0.3) is 5.91 Å². The summed E-state index contributed by atoms with van der Waals surface area (Å²) < 4.78 is 5.43. The molecule has 5 heteroatoms. The van der Waals surface area contributed by atoms with Gasteiger partial charge < -0.3 is 15.4 Å². The number of hydrogen-bond donors (Lipinski definition) is 1. The van der Waals surface area contributed by atoms with Crippen molar-refractivity contribution in [2.75, 3.05) is 51.7 Å². The van der Waals surface area contributed by atoms with E-state index in [9.17, 15) is 4.79 Å². The zero-order valence-corrected chi connectivity index (χ0v) is 14.0. The van der Waals surface area contributed by atoms with Crippen LogP contribution in [0.1, 0.15) is 28.8 Å². The minimum absolute atomic E-state index is 0.112. The monoisotopic (exact) mass is 317 g/mol. The Bertz CT molecular complexity index is 547. The average molecular weight is 317 g/mol. The Kier molecular flexibility index (Phi) is 5.18. The van der Waals surface area contributed by atoms with Crippen LogP contribution < -0.4 is 5.73 Å². The molecule has 2 aliphatic rings. The number of nitrogens with zero attached hydrogens (tertiary/aromatic N) is 2. The van der Waals surface area contributed by atoms with E-state index in [1.54, 1.807) is 6.07 Å². The number of carbonyl (C=O) groups is 1. The number of rotatable bonds is 3. The van der Waals surface area contributed by atoms with Crippen molar-refractivity contribution in [2.24, 2.45) is 5.92 Å². The molecule has 0 spiro atoms. The highest BCUT2D eigenvalue weighted by atomic mass is 16.5. The Balaban J connectivity index is 1.53. The number of ether oxygens (including phenoxy) is 1. The Labute approximate surface area is 138 Å². The fraction of sp³-hybridized carbons (Fsp3) is 0.611. The fourth-order valence-corrected chi connectivity index (χ4v) is 3.47. The molecule has 0 aromatic heterocycles. The molecule has 3 rings (SSSR count). The molecule has 1 aromatic carbocycles. The van der Waals surface area contributed by atoms with Crippen molar-refractivity contribution in [1.82, 2.24) is 9.80 Å². The van der Waals surface area contributed by atoms with E-state index in [4.69, 9.17) is 10.5 Å². The normalized spacial score (nSPS) is 20.7. The highest BCUT2D eigenvalue weighted by molar-refractivity contribution is 5.96. The van der Waals surface area contributed by atoms with Gasteiger partial charge in [-0.2, -0.15) is 0 Å².